The molecule has 2 saturated heterocycles. The third kappa shape index (κ3) is 2.00. The molecule has 0 bridgehead atoms. The van der Waals surface area contributed by atoms with Crippen molar-refractivity contribution in [3.05, 3.63) is 0 Å². The van der Waals surface area contributed by atoms with Crippen LogP contribution in [0.4, 0.5) is 0 Å². The highest BCUT2D eigenvalue weighted by Crippen LogP contribution is 2.44. The van der Waals surface area contributed by atoms with E-state index in [-0.39, 0.29) is 0 Å². The van der Waals surface area contributed by atoms with Gasteiger partial charge in [0.25, 0.3) is 0 Å². The summed E-state index contributed by atoms with van der Waals surface area (Å²) in [7, 11) is 1.88. The zero-order valence-corrected chi connectivity index (χ0v) is 12.1. The summed E-state index contributed by atoms with van der Waals surface area (Å²) < 4.78 is 5.60. The summed E-state index contributed by atoms with van der Waals surface area (Å²) in [6, 6.07) is 0.754. The second-order valence-corrected chi connectivity index (χ2v) is 7.01. The molecule has 3 aliphatic rings. The lowest BCUT2D eigenvalue weighted by molar-refractivity contribution is 0.00213. The van der Waals surface area contributed by atoms with Crippen molar-refractivity contribution in [2.75, 3.05) is 26.7 Å². The maximum Gasteiger partial charge on any atom is 0.0586 e. The van der Waals surface area contributed by atoms with Gasteiger partial charge in [-0.25, -0.2) is 0 Å². The van der Waals surface area contributed by atoms with Gasteiger partial charge >= 0.3 is 0 Å². The number of ether oxygens (including phenoxy) is 1. The van der Waals surface area contributed by atoms with E-state index < -0.39 is 0 Å². The average molecular weight is 252 g/mol. The Labute approximate surface area is 111 Å². The zero-order valence-electron chi connectivity index (χ0n) is 12.1. The highest BCUT2D eigenvalue weighted by Gasteiger charge is 2.51. The van der Waals surface area contributed by atoms with Crippen molar-refractivity contribution in [3.8, 4) is 0 Å². The molecule has 2 aliphatic heterocycles. The van der Waals surface area contributed by atoms with Crippen LogP contribution < -0.4 is 5.32 Å². The Kier molecular flexibility index (Phi) is 3.41. The highest BCUT2D eigenvalue weighted by molar-refractivity contribution is 5.06. The summed E-state index contributed by atoms with van der Waals surface area (Å²) in [5.41, 5.74) is 0.370. The van der Waals surface area contributed by atoms with Crippen molar-refractivity contribution < 1.29 is 4.74 Å². The van der Waals surface area contributed by atoms with E-state index in [0.29, 0.717) is 11.6 Å². The van der Waals surface area contributed by atoms with Gasteiger partial charge in [0, 0.05) is 31.8 Å². The lowest BCUT2D eigenvalue weighted by atomic mass is 9.83. The third-order valence-corrected chi connectivity index (χ3v) is 5.79. The fourth-order valence-electron chi connectivity index (χ4n) is 4.69. The van der Waals surface area contributed by atoms with Crippen molar-refractivity contribution in [1.29, 1.82) is 0 Å². The molecule has 1 saturated carbocycles. The van der Waals surface area contributed by atoms with Gasteiger partial charge in [-0.05, 0) is 57.9 Å². The van der Waals surface area contributed by atoms with E-state index in [1.54, 1.807) is 0 Å². The molecule has 4 atom stereocenters. The van der Waals surface area contributed by atoms with Crippen LogP contribution in [0.15, 0.2) is 0 Å². The van der Waals surface area contributed by atoms with E-state index in [4.69, 9.17) is 4.74 Å². The van der Waals surface area contributed by atoms with Gasteiger partial charge in [-0.15, -0.1) is 0 Å². The smallest absolute Gasteiger partial charge is 0.0586 e. The zero-order chi connectivity index (χ0) is 12.8. The lowest BCUT2D eigenvalue weighted by Crippen LogP contribution is -2.51. The Morgan fingerprint density at radius 1 is 1.22 bits per heavy atom. The molecule has 0 radical (unpaired) electrons. The summed E-state index contributed by atoms with van der Waals surface area (Å²) in [5, 5.41) is 3.57. The van der Waals surface area contributed by atoms with Crippen LogP contribution in [0.2, 0.25) is 0 Å². The van der Waals surface area contributed by atoms with E-state index in [2.05, 4.69) is 24.1 Å². The fourth-order valence-corrected chi connectivity index (χ4v) is 4.69. The first-order chi connectivity index (χ1) is 8.63. The van der Waals surface area contributed by atoms with Crippen molar-refractivity contribution >= 4 is 0 Å². The molecule has 3 nitrogen and oxygen atoms in total. The van der Waals surface area contributed by atoms with Crippen LogP contribution in [0, 0.1) is 11.8 Å². The number of rotatable bonds is 2. The Hall–Kier alpha value is -0.120. The predicted octanol–water partition coefficient (Wildman–Crippen LogP) is 1.87. The highest BCUT2D eigenvalue weighted by atomic mass is 16.5. The topological polar surface area (TPSA) is 24.5 Å². The molecule has 3 heteroatoms. The summed E-state index contributed by atoms with van der Waals surface area (Å²) in [6.45, 7) is 8.66. The SMILES string of the molecule is COC1CCCC(N2CC3CNCC3C2(C)C)C1. The molecule has 4 unspecified atom stereocenters. The van der Waals surface area contributed by atoms with Crippen molar-refractivity contribution in [1.82, 2.24) is 10.2 Å². The van der Waals surface area contributed by atoms with Gasteiger partial charge in [0.1, 0.15) is 0 Å². The van der Waals surface area contributed by atoms with Gasteiger partial charge in [0.2, 0.25) is 0 Å². The quantitative estimate of drug-likeness (QED) is 0.812. The molecule has 18 heavy (non-hydrogen) atoms. The van der Waals surface area contributed by atoms with Crippen molar-refractivity contribution in [2.45, 2.75) is 57.2 Å². The molecule has 0 aromatic heterocycles. The molecule has 0 amide bonds. The van der Waals surface area contributed by atoms with Gasteiger partial charge in [-0.1, -0.05) is 0 Å². The van der Waals surface area contributed by atoms with E-state index >= 15 is 0 Å². The minimum atomic E-state index is 0.370. The monoisotopic (exact) mass is 252 g/mol. The first-order valence-corrected chi connectivity index (χ1v) is 7.63. The molecule has 1 aliphatic carbocycles. The van der Waals surface area contributed by atoms with E-state index in [1.807, 2.05) is 7.11 Å². The number of nitrogens with zero attached hydrogens (tertiary/aromatic N) is 1. The largest absolute Gasteiger partial charge is 0.381 e. The number of hydrogen-bond acceptors (Lipinski definition) is 3. The first-order valence-electron chi connectivity index (χ1n) is 7.63. The third-order valence-electron chi connectivity index (χ3n) is 5.79. The number of hydrogen-bond donors (Lipinski definition) is 1. The van der Waals surface area contributed by atoms with Crippen molar-refractivity contribution in [2.24, 2.45) is 11.8 Å². The molecule has 0 spiro atoms. The number of fused-ring (bicyclic) bond motifs is 1. The van der Waals surface area contributed by atoms with Gasteiger partial charge in [0.05, 0.1) is 6.10 Å². The van der Waals surface area contributed by atoms with Crippen LogP contribution in [0.1, 0.15) is 39.5 Å². The van der Waals surface area contributed by atoms with Crippen LogP contribution in [0.3, 0.4) is 0 Å². The lowest BCUT2D eigenvalue weighted by Gasteiger charge is -2.44. The number of likely N-dealkylation sites (tertiary alicyclic amines) is 1. The summed E-state index contributed by atoms with van der Waals surface area (Å²) in [4.78, 5) is 2.81. The van der Waals surface area contributed by atoms with Crippen LogP contribution >= 0.6 is 0 Å². The maximum absolute atomic E-state index is 5.60. The predicted molar refractivity (Wildman–Crippen MR) is 73.7 cm³/mol. The molecule has 104 valence electrons. The minimum Gasteiger partial charge on any atom is -0.381 e. The summed E-state index contributed by atoms with van der Waals surface area (Å²) >= 11 is 0. The Bertz CT molecular complexity index is 305. The van der Waals surface area contributed by atoms with Gasteiger partial charge in [0.15, 0.2) is 0 Å². The van der Waals surface area contributed by atoms with E-state index in [1.165, 1.54) is 45.3 Å². The molecular formula is C15H28N2O. The van der Waals surface area contributed by atoms with Gasteiger partial charge < -0.3 is 10.1 Å². The second-order valence-electron chi connectivity index (χ2n) is 7.01. The summed E-state index contributed by atoms with van der Waals surface area (Å²) in [6.07, 6.45) is 5.71. The van der Waals surface area contributed by atoms with Crippen LogP contribution in [-0.4, -0.2) is 49.3 Å². The Morgan fingerprint density at radius 2 is 2.06 bits per heavy atom. The minimum absolute atomic E-state index is 0.370. The van der Waals surface area contributed by atoms with Crippen LogP contribution in [0.25, 0.3) is 0 Å². The molecule has 3 rings (SSSR count). The fraction of sp³-hybridized carbons (Fsp3) is 1.00. The molecule has 0 aromatic rings. The van der Waals surface area contributed by atoms with Gasteiger partial charge in [-0.2, -0.15) is 0 Å². The standard InChI is InChI=1S/C15H28N2O/c1-15(2)14-9-16-8-11(14)10-17(15)12-5-4-6-13(7-12)18-3/h11-14,16H,4-10H2,1-3H3. The van der Waals surface area contributed by atoms with E-state index in [0.717, 1.165) is 17.9 Å². The Morgan fingerprint density at radius 3 is 2.78 bits per heavy atom. The maximum atomic E-state index is 5.60. The second kappa shape index (κ2) is 4.77. The molecule has 2 heterocycles. The summed E-state index contributed by atoms with van der Waals surface area (Å²) in [5.74, 6) is 1.73. The van der Waals surface area contributed by atoms with Crippen LogP contribution in [-0.2, 0) is 4.74 Å². The molecular weight excluding hydrogens is 224 g/mol. The molecule has 0 aromatic carbocycles. The first kappa shape index (κ1) is 12.9. The number of nitrogens with one attached hydrogen (secondary N) is 1. The Balaban J connectivity index is 1.72. The van der Waals surface area contributed by atoms with Gasteiger partial charge in [-0.3, -0.25) is 4.90 Å². The molecule has 1 N–H and O–H groups in total. The van der Waals surface area contributed by atoms with Crippen molar-refractivity contribution in [3.63, 3.8) is 0 Å². The van der Waals surface area contributed by atoms with Crippen LogP contribution in [0.5, 0.6) is 0 Å². The average Bonchev–Trinajstić information content (AvgIpc) is 2.92. The normalized spacial score (nSPS) is 44.2. The van der Waals surface area contributed by atoms with E-state index in [9.17, 15) is 0 Å². The number of methoxy groups -OCH3 is 1. The molecule has 3 fully saturated rings.